The molecule has 0 aromatic carbocycles. The van der Waals surface area contributed by atoms with Gasteiger partial charge in [-0.25, -0.2) is 8.93 Å². The second-order valence-electron chi connectivity index (χ2n) is 3.13. The van der Waals surface area contributed by atoms with Gasteiger partial charge in [-0.05, 0) is 32.4 Å². The van der Waals surface area contributed by atoms with Gasteiger partial charge in [0.2, 0.25) is 0 Å². The first-order valence-corrected chi connectivity index (χ1v) is 5.92. The molecule has 0 saturated heterocycles. The molecule has 1 rings (SSSR count). The van der Waals surface area contributed by atoms with E-state index in [1.54, 1.807) is 7.05 Å². The minimum absolute atomic E-state index is 0.996. The van der Waals surface area contributed by atoms with Crippen LogP contribution in [0.4, 0.5) is 0 Å². The van der Waals surface area contributed by atoms with Gasteiger partial charge in [0.15, 0.2) is 0 Å². The van der Waals surface area contributed by atoms with Crippen LogP contribution < -0.4 is 4.72 Å². The summed E-state index contributed by atoms with van der Waals surface area (Å²) in [5, 5.41) is 0. The molecule has 0 amide bonds. The topological polar surface area (TPSA) is 29.1 Å². The van der Waals surface area contributed by atoms with Gasteiger partial charge >= 0.3 is 0 Å². The van der Waals surface area contributed by atoms with Crippen LogP contribution in [0.1, 0.15) is 32.6 Å². The molecule has 0 bridgehead atoms. The Bertz CT molecular complexity index is 256. The SMILES string of the molecule is CCCC1=C(S(=O)NC)C=CCC1. The summed E-state index contributed by atoms with van der Waals surface area (Å²) in [4.78, 5) is 0.996. The highest BCUT2D eigenvalue weighted by atomic mass is 32.2. The summed E-state index contributed by atoms with van der Waals surface area (Å²) >= 11 is 0. The fraction of sp³-hybridized carbons (Fsp3) is 0.600. The van der Waals surface area contributed by atoms with Gasteiger partial charge in [-0.15, -0.1) is 0 Å². The number of rotatable bonds is 4. The lowest BCUT2D eigenvalue weighted by Crippen LogP contribution is -2.14. The summed E-state index contributed by atoms with van der Waals surface area (Å²) in [5.41, 5.74) is 1.36. The molecule has 74 valence electrons. The first-order valence-electron chi connectivity index (χ1n) is 4.77. The number of hydrogen-bond acceptors (Lipinski definition) is 1. The molecule has 1 N–H and O–H groups in total. The molecule has 0 aromatic heterocycles. The molecule has 3 heteroatoms. The Morgan fingerprint density at radius 1 is 1.62 bits per heavy atom. The largest absolute Gasteiger partial charge is 0.238 e. The molecule has 1 atom stereocenters. The zero-order chi connectivity index (χ0) is 9.68. The lowest BCUT2D eigenvalue weighted by atomic mass is 10.0. The van der Waals surface area contributed by atoms with Gasteiger partial charge in [0.05, 0.1) is 4.91 Å². The standard InChI is InChI=1S/C10H17NOS/c1-3-6-9-7-4-5-8-10(9)13(12)11-2/h5,8,11H,3-4,6-7H2,1-2H3. The van der Waals surface area contributed by atoms with Crippen LogP contribution in [0.2, 0.25) is 0 Å². The van der Waals surface area contributed by atoms with Crippen LogP contribution in [0.25, 0.3) is 0 Å². The van der Waals surface area contributed by atoms with Gasteiger partial charge in [0.25, 0.3) is 0 Å². The van der Waals surface area contributed by atoms with Gasteiger partial charge in [0, 0.05) is 0 Å². The van der Waals surface area contributed by atoms with E-state index < -0.39 is 11.0 Å². The Kier molecular flexibility index (Phi) is 4.39. The Morgan fingerprint density at radius 3 is 3.00 bits per heavy atom. The van der Waals surface area contributed by atoms with Crippen molar-refractivity contribution >= 4 is 11.0 Å². The summed E-state index contributed by atoms with van der Waals surface area (Å²) in [6.07, 6.45) is 8.48. The highest BCUT2D eigenvalue weighted by Gasteiger charge is 2.11. The van der Waals surface area contributed by atoms with E-state index in [4.69, 9.17) is 0 Å². The van der Waals surface area contributed by atoms with Crippen LogP contribution in [0.3, 0.4) is 0 Å². The van der Waals surface area contributed by atoms with Crippen LogP contribution >= 0.6 is 0 Å². The minimum atomic E-state index is -1.00. The van der Waals surface area contributed by atoms with Gasteiger partial charge in [-0.2, -0.15) is 0 Å². The van der Waals surface area contributed by atoms with E-state index in [2.05, 4.69) is 17.7 Å². The smallest absolute Gasteiger partial charge is 0.124 e. The Labute approximate surface area is 82.7 Å². The molecule has 1 unspecified atom stereocenters. The maximum atomic E-state index is 11.5. The second-order valence-corrected chi connectivity index (χ2v) is 4.52. The molecule has 0 radical (unpaired) electrons. The third-order valence-corrected chi connectivity index (χ3v) is 3.36. The van der Waals surface area contributed by atoms with Crippen molar-refractivity contribution < 1.29 is 4.21 Å². The van der Waals surface area contributed by atoms with Gasteiger partial charge in [-0.3, -0.25) is 0 Å². The quantitative estimate of drug-likeness (QED) is 0.739. The maximum absolute atomic E-state index is 11.5. The molecule has 0 saturated carbocycles. The van der Waals surface area contributed by atoms with Gasteiger partial charge < -0.3 is 0 Å². The van der Waals surface area contributed by atoms with Crippen molar-refractivity contribution in [1.29, 1.82) is 0 Å². The first-order chi connectivity index (χ1) is 6.29. The Morgan fingerprint density at radius 2 is 2.38 bits per heavy atom. The number of allylic oxidation sites excluding steroid dienone is 3. The highest BCUT2D eigenvalue weighted by Crippen LogP contribution is 2.24. The fourth-order valence-corrected chi connectivity index (χ4v) is 2.45. The van der Waals surface area contributed by atoms with E-state index in [0.717, 1.165) is 30.6 Å². The molecule has 0 spiro atoms. The van der Waals surface area contributed by atoms with E-state index in [-0.39, 0.29) is 0 Å². The number of hydrogen-bond donors (Lipinski definition) is 1. The predicted molar refractivity (Wildman–Crippen MR) is 57.5 cm³/mol. The average molecular weight is 199 g/mol. The fourth-order valence-electron chi connectivity index (χ4n) is 1.54. The zero-order valence-corrected chi connectivity index (χ0v) is 9.12. The highest BCUT2D eigenvalue weighted by molar-refractivity contribution is 7.87. The third kappa shape index (κ3) is 2.78. The van der Waals surface area contributed by atoms with Crippen LogP contribution in [0.5, 0.6) is 0 Å². The summed E-state index contributed by atoms with van der Waals surface area (Å²) in [5.74, 6) is 0. The summed E-state index contributed by atoms with van der Waals surface area (Å²) in [6.45, 7) is 2.16. The minimum Gasteiger partial charge on any atom is -0.238 e. The third-order valence-electron chi connectivity index (χ3n) is 2.17. The summed E-state index contributed by atoms with van der Waals surface area (Å²) in [7, 11) is 0.729. The van der Waals surface area contributed by atoms with E-state index >= 15 is 0 Å². The number of nitrogens with one attached hydrogen (secondary N) is 1. The van der Waals surface area contributed by atoms with E-state index in [0.29, 0.717) is 0 Å². The molecule has 1 aliphatic carbocycles. The molecule has 0 heterocycles. The summed E-state index contributed by atoms with van der Waals surface area (Å²) < 4.78 is 14.3. The van der Waals surface area contributed by atoms with Crippen LogP contribution in [0.15, 0.2) is 22.6 Å². The van der Waals surface area contributed by atoms with Crippen molar-refractivity contribution in [3.8, 4) is 0 Å². The maximum Gasteiger partial charge on any atom is 0.124 e. The zero-order valence-electron chi connectivity index (χ0n) is 8.30. The second kappa shape index (κ2) is 5.35. The molecule has 0 aliphatic heterocycles. The predicted octanol–water partition coefficient (Wildman–Crippen LogP) is 2.27. The van der Waals surface area contributed by atoms with Crippen molar-refractivity contribution in [3.63, 3.8) is 0 Å². The van der Waals surface area contributed by atoms with Crippen molar-refractivity contribution in [2.45, 2.75) is 32.6 Å². The summed E-state index contributed by atoms with van der Waals surface area (Å²) in [6, 6.07) is 0. The van der Waals surface area contributed by atoms with Crippen LogP contribution in [0, 0.1) is 0 Å². The Hall–Kier alpha value is -0.410. The monoisotopic (exact) mass is 199 g/mol. The molecule has 0 aromatic rings. The van der Waals surface area contributed by atoms with E-state index in [1.165, 1.54) is 5.57 Å². The average Bonchev–Trinajstić information content (AvgIpc) is 2.18. The first kappa shape index (κ1) is 10.7. The van der Waals surface area contributed by atoms with Crippen molar-refractivity contribution in [2.24, 2.45) is 0 Å². The van der Waals surface area contributed by atoms with Gasteiger partial charge in [-0.1, -0.05) is 25.0 Å². The molecule has 1 aliphatic rings. The van der Waals surface area contributed by atoms with Gasteiger partial charge in [0.1, 0.15) is 11.0 Å². The normalized spacial score (nSPS) is 19.2. The lowest BCUT2D eigenvalue weighted by molar-refractivity contribution is 0.681. The molecular weight excluding hydrogens is 182 g/mol. The van der Waals surface area contributed by atoms with E-state index in [1.807, 2.05) is 6.08 Å². The van der Waals surface area contributed by atoms with Crippen molar-refractivity contribution in [1.82, 2.24) is 4.72 Å². The Balaban J connectivity index is 2.83. The molecule has 0 fully saturated rings. The molecule has 2 nitrogen and oxygen atoms in total. The van der Waals surface area contributed by atoms with Crippen LogP contribution in [-0.2, 0) is 11.0 Å². The molecule has 13 heavy (non-hydrogen) atoms. The van der Waals surface area contributed by atoms with E-state index in [9.17, 15) is 4.21 Å². The van der Waals surface area contributed by atoms with Crippen molar-refractivity contribution in [3.05, 3.63) is 22.6 Å². The lowest BCUT2D eigenvalue weighted by Gasteiger charge is -2.14. The molecular formula is C10H17NOS. The van der Waals surface area contributed by atoms with Crippen molar-refractivity contribution in [2.75, 3.05) is 7.05 Å². The van der Waals surface area contributed by atoms with Crippen LogP contribution in [-0.4, -0.2) is 11.3 Å².